The van der Waals surface area contributed by atoms with Crippen molar-refractivity contribution in [1.29, 1.82) is 0 Å². The Morgan fingerprint density at radius 3 is 2.75 bits per heavy atom. The monoisotopic (exact) mass is 229 g/mol. The second kappa shape index (κ2) is 5.92. The average molecular weight is 229 g/mol. The van der Waals surface area contributed by atoms with Crippen LogP contribution in [0.15, 0.2) is 24.3 Å². The highest BCUT2D eigenvalue weighted by molar-refractivity contribution is 5.23. The van der Waals surface area contributed by atoms with E-state index in [0.717, 1.165) is 0 Å². The fraction of sp³-hybridized carbons (Fsp3) is 0.500. The molecule has 0 aliphatic rings. The highest BCUT2D eigenvalue weighted by atomic mass is 19.1. The van der Waals surface area contributed by atoms with Gasteiger partial charge in [0.2, 0.25) is 0 Å². The Labute approximate surface area is 94.4 Å². The van der Waals surface area contributed by atoms with E-state index in [1.54, 1.807) is 6.07 Å². The molecule has 0 heterocycles. The van der Waals surface area contributed by atoms with Crippen LogP contribution in [0.2, 0.25) is 0 Å². The van der Waals surface area contributed by atoms with Crippen LogP contribution in [0.5, 0.6) is 0 Å². The molecular formula is C12H17F2NO. The van der Waals surface area contributed by atoms with E-state index in [1.165, 1.54) is 25.3 Å². The SMILES string of the molecule is COCC(F)(CCCN)c1cccc(F)c1. The Bertz CT molecular complexity index is 333. The largest absolute Gasteiger partial charge is 0.381 e. The lowest BCUT2D eigenvalue weighted by Crippen LogP contribution is -2.27. The van der Waals surface area contributed by atoms with E-state index in [9.17, 15) is 8.78 Å². The molecule has 0 radical (unpaired) electrons. The molecule has 0 amide bonds. The predicted octanol–water partition coefficient (Wildman–Crippen LogP) is 2.38. The zero-order valence-corrected chi connectivity index (χ0v) is 9.38. The molecule has 16 heavy (non-hydrogen) atoms. The molecule has 0 spiro atoms. The molecule has 0 aliphatic heterocycles. The fourth-order valence-electron chi connectivity index (χ4n) is 1.68. The molecule has 0 aromatic heterocycles. The number of halogens is 2. The maximum atomic E-state index is 14.5. The van der Waals surface area contributed by atoms with Crippen molar-refractivity contribution in [3.05, 3.63) is 35.6 Å². The molecule has 1 unspecified atom stereocenters. The minimum atomic E-state index is -1.66. The Morgan fingerprint density at radius 1 is 1.44 bits per heavy atom. The number of benzene rings is 1. The van der Waals surface area contributed by atoms with Gasteiger partial charge in [-0.1, -0.05) is 12.1 Å². The van der Waals surface area contributed by atoms with Gasteiger partial charge in [-0.05, 0) is 37.1 Å². The highest BCUT2D eigenvalue weighted by Crippen LogP contribution is 2.31. The van der Waals surface area contributed by atoms with Gasteiger partial charge in [-0.2, -0.15) is 0 Å². The molecule has 2 nitrogen and oxygen atoms in total. The van der Waals surface area contributed by atoms with Crippen molar-refractivity contribution in [1.82, 2.24) is 0 Å². The van der Waals surface area contributed by atoms with Crippen molar-refractivity contribution in [2.45, 2.75) is 18.5 Å². The van der Waals surface area contributed by atoms with Crippen LogP contribution >= 0.6 is 0 Å². The van der Waals surface area contributed by atoms with Crippen LogP contribution in [0.4, 0.5) is 8.78 Å². The molecule has 0 saturated heterocycles. The van der Waals surface area contributed by atoms with Crippen molar-refractivity contribution < 1.29 is 13.5 Å². The summed E-state index contributed by atoms with van der Waals surface area (Å²) in [4.78, 5) is 0. The summed E-state index contributed by atoms with van der Waals surface area (Å²) in [5.41, 5.74) is 4.01. The van der Waals surface area contributed by atoms with Gasteiger partial charge in [0.15, 0.2) is 5.67 Å². The van der Waals surface area contributed by atoms with Gasteiger partial charge in [0.25, 0.3) is 0 Å². The second-order valence-corrected chi connectivity index (χ2v) is 3.80. The average Bonchev–Trinajstić information content (AvgIpc) is 2.27. The van der Waals surface area contributed by atoms with E-state index < -0.39 is 11.5 Å². The van der Waals surface area contributed by atoms with Gasteiger partial charge in [0, 0.05) is 7.11 Å². The number of alkyl halides is 1. The van der Waals surface area contributed by atoms with Gasteiger partial charge in [0.1, 0.15) is 5.82 Å². The third kappa shape index (κ3) is 3.25. The third-order valence-electron chi connectivity index (χ3n) is 2.49. The number of nitrogens with two attached hydrogens (primary N) is 1. The molecule has 1 rings (SSSR count). The summed E-state index contributed by atoms with van der Waals surface area (Å²) in [6.07, 6.45) is 0.775. The zero-order chi connectivity index (χ0) is 12.0. The molecule has 0 aliphatic carbocycles. The van der Waals surface area contributed by atoms with Crippen molar-refractivity contribution in [2.75, 3.05) is 20.3 Å². The quantitative estimate of drug-likeness (QED) is 0.812. The van der Waals surface area contributed by atoms with Crippen LogP contribution in [-0.4, -0.2) is 20.3 Å². The predicted molar refractivity (Wildman–Crippen MR) is 59.4 cm³/mol. The van der Waals surface area contributed by atoms with Gasteiger partial charge in [0.05, 0.1) is 6.61 Å². The molecule has 90 valence electrons. The van der Waals surface area contributed by atoms with Gasteiger partial charge >= 0.3 is 0 Å². The van der Waals surface area contributed by atoms with E-state index in [2.05, 4.69) is 0 Å². The smallest absolute Gasteiger partial charge is 0.159 e. The first-order valence-electron chi connectivity index (χ1n) is 5.26. The molecule has 1 aromatic rings. The summed E-state index contributed by atoms with van der Waals surface area (Å²) >= 11 is 0. The molecule has 4 heteroatoms. The molecule has 0 saturated carbocycles. The van der Waals surface area contributed by atoms with E-state index in [1.807, 2.05) is 0 Å². The maximum Gasteiger partial charge on any atom is 0.159 e. The van der Waals surface area contributed by atoms with Crippen molar-refractivity contribution >= 4 is 0 Å². The third-order valence-corrected chi connectivity index (χ3v) is 2.49. The van der Waals surface area contributed by atoms with Crippen LogP contribution < -0.4 is 5.73 Å². The summed E-state index contributed by atoms with van der Waals surface area (Å²) < 4.78 is 32.4. The van der Waals surface area contributed by atoms with Crippen molar-refractivity contribution in [3.63, 3.8) is 0 Å². The summed E-state index contributed by atoms with van der Waals surface area (Å²) in [6.45, 7) is 0.321. The highest BCUT2D eigenvalue weighted by Gasteiger charge is 2.31. The van der Waals surface area contributed by atoms with Crippen LogP contribution in [0.1, 0.15) is 18.4 Å². The normalized spacial score (nSPS) is 14.8. The Morgan fingerprint density at radius 2 is 2.19 bits per heavy atom. The van der Waals surface area contributed by atoms with Gasteiger partial charge in [-0.15, -0.1) is 0 Å². The number of ether oxygens (including phenoxy) is 1. The molecular weight excluding hydrogens is 212 g/mol. The maximum absolute atomic E-state index is 14.5. The number of hydrogen-bond donors (Lipinski definition) is 1. The van der Waals surface area contributed by atoms with Gasteiger partial charge < -0.3 is 10.5 Å². The second-order valence-electron chi connectivity index (χ2n) is 3.80. The standard InChI is InChI=1S/C12H17F2NO/c1-16-9-12(14,6-3-7-15)10-4-2-5-11(13)8-10/h2,4-5,8H,3,6-7,9,15H2,1H3. The molecule has 0 bridgehead atoms. The van der Waals surface area contributed by atoms with E-state index >= 15 is 0 Å². The van der Waals surface area contributed by atoms with Gasteiger partial charge in [-0.3, -0.25) is 0 Å². The summed E-state index contributed by atoms with van der Waals surface area (Å²) in [6, 6.07) is 5.56. The van der Waals surface area contributed by atoms with E-state index in [-0.39, 0.29) is 13.0 Å². The van der Waals surface area contributed by atoms with Crippen LogP contribution in [-0.2, 0) is 10.4 Å². The number of rotatable bonds is 6. The summed E-state index contributed by atoms with van der Waals surface area (Å²) in [5.74, 6) is -0.441. The fourth-order valence-corrected chi connectivity index (χ4v) is 1.68. The minimum Gasteiger partial charge on any atom is -0.381 e. The van der Waals surface area contributed by atoms with Crippen molar-refractivity contribution in [3.8, 4) is 0 Å². The Hall–Kier alpha value is -1.00. The molecule has 1 atom stereocenters. The van der Waals surface area contributed by atoms with Crippen molar-refractivity contribution in [2.24, 2.45) is 5.73 Å². The molecule has 2 N–H and O–H groups in total. The van der Waals surface area contributed by atoms with Crippen LogP contribution in [0.25, 0.3) is 0 Å². The number of hydrogen-bond acceptors (Lipinski definition) is 2. The minimum absolute atomic E-state index is 0.0869. The Balaban J connectivity index is 2.91. The summed E-state index contributed by atoms with van der Waals surface area (Å²) in [5, 5.41) is 0. The number of methoxy groups -OCH3 is 1. The van der Waals surface area contributed by atoms with E-state index in [0.29, 0.717) is 18.5 Å². The lowest BCUT2D eigenvalue weighted by molar-refractivity contribution is 0.0301. The first-order valence-corrected chi connectivity index (χ1v) is 5.26. The molecule has 1 aromatic carbocycles. The topological polar surface area (TPSA) is 35.2 Å². The van der Waals surface area contributed by atoms with Crippen LogP contribution in [0.3, 0.4) is 0 Å². The first kappa shape index (κ1) is 13.1. The van der Waals surface area contributed by atoms with E-state index in [4.69, 9.17) is 10.5 Å². The lowest BCUT2D eigenvalue weighted by Gasteiger charge is -2.25. The Kier molecular flexibility index (Phi) is 4.83. The zero-order valence-electron chi connectivity index (χ0n) is 9.38. The lowest BCUT2D eigenvalue weighted by atomic mass is 9.91. The first-order chi connectivity index (χ1) is 7.62. The van der Waals surface area contributed by atoms with Crippen LogP contribution in [0, 0.1) is 5.82 Å². The molecule has 0 fully saturated rings. The van der Waals surface area contributed by atoms with Gasteiger partial charge in [-0.25, -0.2) is 8.78 Å². The summed E-state index contributed by atoms with van der Waals surface area (Å²) in [7, 11) is 1.43.